The largest absolute Gasteiger partial charge is 0.423 e. The van der Waals surface area contributed by atoms with E-state index in [1.54, 1.807) is 12.1 Å². The predicted molar refractivity (Wildman–Crippen MR) is 103 cm³/mol. The van der Waals surface area contributed by atoms with Crippen LogP contribution in [0, 0.1) is 11.6 Å². The van der Waals surface area contributed by atoms with Crippen LogP contribution in [0.15, 0.2) is 36.4 Å². The Morgan fingerprint density at radius 2 is 1.79 bits per heavy atom. The number of ether oxygens (including phenoxy) is 2. The lowest BCUT2D eigenvalue weighted by Gasteiger charge is -2.29. The molecule has 1 N–H and O–H groups in total. The maximum atomic E-state index is 14.1. The van der Waals surface area contributed by atoms with E-state index >= 15 is 0 Å². The van der Waals surface area contributed by atoms with E-state index in [0.717, 1.165) is 11.3 Å². The van der Waals surface area contributed by atoms with Gasteiger partial charge in [-0.15, -0.1) is 0 Å². The first kappa shape index (κ1) is 18.2. The van der Waals surface area contributed by atoms with Crippen LogP contribution in [0.5, 0.6) is 11.5 Å². The molecular weight excluding hydrogens is 405 g/mol. The van der Waals surface area contributed by atoms with Crippen molar-refractivity contribution in [3.05, 3.63) is 64.3 Å². The Morgan fingerprint density at radius 3 is 2.52 bits per heavy atom. The number of benzene rings is 2. The van der Waals surface area contributed by atoms with Crippen molar-refractivity contribution in [3.63, 3.8) is 0 Å². The first-order valence-corrected chi connectivity index (χ1v) is 9.49. The summed E-state index contributed by atoms with van der Waals surface area (Å²) in [6.45, 7) is 2.28. The van der Waals surface area contributed by atoms with Crippen LogP contribution in [0.1, 0.15) is 18.2 Å². The van der Waals surface area contributed by atoms with Crippen LogP contribution >= 0.6 is 11.6 Å². The van der Waals surface area contributed by atoms with Crippen molar-refractivity contribution in [2.45, 2.75) is 25.9 Å². The van der Waals surface area contributed by atoms with E-state index in [0.29, 0.717) is 35.9 Å². The minimum absolute atomic E-state index is 0.0724. The monoisotopic (exact) mass is 420 g/mol. The van der Waals surface area contributed by atoms with E-state index in [1.807, 2.05) is 4.90 Å². The third-order valence-corrected chi connectivity index (χ3v) is 5.46. The van der Waals surface area contributed by atoms with Gasteiger partial charge in [-0.2, -0.15) is 4.39 Å². The molecule has 2 aliphatic heterocycles. The van der Waals surface area contributed by atoms with Gasteiger partial charge in [0, 0.05) is 44.3 Å². The molecule has 0 saturated heterocycles. The fraction of sp³-hybridized carbons (Fsp3) is 0.238. The number of hydrogen-bond donors (Lipinski definition) is 1. The van der Waals surface area contributed by atoms with Gasteiger partial charge in [0.1, 0.15) is 11.6 Å². The molecule has 8 heteroatoms. The average Bonchev–Trinajstić information content (AvgIpc) is 3.18. The second kappa shape index (κ2) is 6.35. The molecule has 5 rings (SSSR count). The van der Waals surface area contributed by atoms with Crippen molar-refractivity contribution in [1.82, 2.24) is 4.98 Å². The molecule has 2 aliphatic rings. The van der Waals surface area contributed by atoms with Crippen LogP contribution in [0.2, 0.25) is 5.02 Å². The number of aromatic amines is 1. The summed E-state index contributed by atoms with van der Waals surface area (Å²) >= 11 is 6.40. The second-order valence-corrected chi connectivity index (χ2v) is 7.65. The average molecular weight is 421 g/mol. The number of halogens is 4. The predicted octanol–water partition coefficient (Wildman–Crippen LogP) is 5.59. The molecular formula is C21H16ClF3N2O2. The van der Waals surface area contributed by atoms with Crippen LogP contribution in [0.4, 0.5) is 18.9 Å². The normalized spacial score (nSPS) is 20.1. The Bertz CT molecular complexity index is 1110. The summed E-state index contributed by atoms with van der Waals surface area (Å²) in [4.78, 5) is 5.15. The van der Waals surface area contributed by atoms with E-state index in [1.165, 1.54) is 31.2 Å². The molecule has 1 atom stereocenters. The number of aromatic nitrogens is 1. The van der Waals surface area contributed by atoms with Crippen LogP contribution in [0.3, 0.4) is 0 Å². The number of H-pyrrole nitrogens is 1. The molecule has 0 amide bonds. The van der Waals surface area contributed by atoms with Crippen molar-refractivity contribution >= 4 is 17.3 Å². The Balaban J connectivity index is 1.46. The third-order valence-electron chi connectivity index (χ3n) is 5.16. The van der Waals surface area contributed by atoms with Gasteiger partial charge in [-0.3, -0.25) is 0 Å². The Morgan fingerprint density at radius 1 is 1.10 bits per heavy atom. The summed E-state index contributed by atoms with van der Waals surface area (Å²) in [5.74, 6) is -0.703. The van der Waals surface area contributed by atoms with E-state index in [4.69, 9.17) is 21.1 Å². The Labute approximate surface area is 169 Å². The molecule has 150 valence electrons. The van der Waals surface area contributed by atoms with Crippen molar-refractivity contribution in [1.29, 1.82) is 0 Å². The first-order chi connectivity index (χ1) is 13.8. The molecule has 0 bridgehead atoms. The maximum absolute atomic E-state index is 14.1. The maximum Gasteiger partial charge on any atom is 0.404 e. The quantitative estimate of drug-likeness (QED) is 0.587. The van der Waals surface area contributed by atoms with Crippen LogP contribution < -0.4 is 14.4 Å². The summed E-state index contributed by atoms with van der Waals surface area (Å²) < 4.78 is 52.5. The molecule has 3 heterocycles. The van der Waals surface area contributed by atoms with Gasteiger partial charge >= 0.3 is 6.04 Å². The molecule has 0 spiro atoms. The summed E-state index contributed by atoms with van der Waals surface area (Å²) in [7, 11) is 0. The van der Waals surface area contributed by atoms with Gasteiger partial charge in [-0.25, -0.2) is 8.78 Å². The first-order valence-electron chi connectivity index (χ1n) is 9.11. The molecule has 3 aromatic rings. The van der Waals surface area contributed by atoms with E-state index in [9.17, 15) is 13.2 Å². The smallest absolute Gasteiger partial charge is 0.404 e. The zero-order valence-electron chi connectivity index (χ0n) is 15.4. The SMILES string of the molecule is CC1(F)Oc2cc(Cl)c(N3CCc4[nH]c(-c5c(F)cccc5F)cc4C3)cc2O1. The number of alkyl halides is 1. The van der Waals surface area contributed by atoms with Gasteiger partial charge in [-0.05, 0) is 23.8 Å². The Kier molecular flexibility index (Phi) is 4.00. The van der Waals surface area contributed by atoms with Gasteiger partial charge in [0.05, 0.1) is 22.0 Å². The molecule has 4 nitrogen and oxygen atoms in total. The minimum Gasteiger partial charge on any atom is -0.423 e. The van der Waals surface area contributed by atoms with E-state index in [-0.39, 0.29) is 17.1 Å². The highest BCUT2D eigenvalue weighted by atomic mass is 35.5. The summed E-state index contributed by atoms with van der Waals surface area (Å²) in [5.41, 5.74) is 2.84. The highest BCUT2D eigenvalue weighted by molar-refractivity contribution is 6.33. The molecule has 0 aliphatic carbocycles. The lowest BCUT2D eigenvalue weighted by atomic mass is 10.1. The molecule has 2 aromatic carbocycles. The van der Waals surface area contributed by atoms with Gasteiger partial charge in [0.15, 0.2) is 11.5 Å². The summed E-state index contributed by atoms with van der Waals surface area (Å²) in [6, 6.07) is 6.51. The molecule has 0 radical (unpaired) electrons. The zero-order valence-corrected chi connectivity index (χ0v) is 16.1. The number of hydrogen-bond acceptors (Lipinski definition) is 3. The van der Waals surface area contributed by atoms with Gasteiger partial charge in [0.25, 0.3) is 0 Å². The standard InChI is InChI=1S/C21H16ClF3N2O2/c1-21(25)28-18-8-12(22)17(9-19(18)29-21)27-6-5-15-11(10-27)7-16(26-15)20-13(23)3-2-4-14(20)24/h2-4,7-9,26H,5-6,10H2,1H3. The van der Waals surface area contributed by atoms with Crippen molar-refractivity contribution in [2.24, 2.45) is 0 Å². The topological polar surface area (TPSA) is 37.5 Å². The second-order valence-electron chi connectivity index (χ2n) is 7.24. The minimum atomic E-state index is -2.22. The van der Waals surface area contributed by atoms with E-state index in [2.05, 4.69) is 4.98 Å². The lowest BCUT2D eigenvalue weighted by molar-refractivity contribution is -0.173. The number of nitrogens with zero attached hydrogens (tertiary/aromatic N) is 1. The van der Waals surface area contributed by atoms with E-state index < -0.39 is 17.7 Å². The van der Waals surface area contributed by atoms with Gasteiger partial charge in [-0.1, -0.05) is 17.7 Å². The third kappa shape index (κ3) is 3.09. The Hall–Kier alpha value is -2.80. The van der Waals surface area contributed by atoms with Crippen molar-refractivity contribution < 1.29 is 22.6 Å². The van der Waals surface area contributed by atoms with Crippen LogP contribution in [-0.4, -0.2) is 17.6 Å². The number of nitrogens with one attached hydrogen (secondary N) is 1. The molecule has 1 aromatic heterocycles. The number of anilines is 1. The van der Waals surface area contributed by atoms with Crippen molar-refractivity contribution in [2.75, 3.05) is 11.4 Å². The zero-order chi connectivity index (χ0) is 20.3. The summed E-state index contributed by atoms with van der Waals surface area (Å²) in [6.07, 6.45) is 0.636. The fourth-order valence-electron chi connectivity index (χ4n) is 3.87. The highest BCUT2D eigenvalue weighted by Crippen LogP contribution is 2.46. The summed E-state index contributed by atoms with van der Waals surface area (Å²) in [5, 5.41) is 0.407. The molecule has 0 saturated carbocycles. The van der Waals surface area contributed by atoms with Crippen LogP contribution in [0.25, 0.3) is 11.3 Å². The molecule has 0 fully saturated rings. The van der Waals surface area contributed by atoms with Gasteiger partial charge < -0.3 is 19.4 Å². The van der Waals surface area contributed by atoms with Crippen LogP contribution in [-0.2, 0) is 13.0 Å². The number of fused-ring (bicyclic) bond motifs is 2. The molecule has 1 unspecified atom stereocenters. The number of rotatable bonds is 2. The lowest BCUT2D eigenvalue weighted by Crippen LogP contribution is -2.30. The van der Waals surface area contributed by atoms with Gasteiger partial charge in [0.2, 0.25) is 0 Å². The molecule has 29 heavy (non-hydrogen) atoms. The van der Waals surface area contributed by atoms with Crippen molar-refractivity contribution in [3.8, 4) is 22.8 Å². The fourth-order valence-corrected chi connectivity index (χ4v) is 4.14. The highest BCUT2D eigenvalue weighted by Gasteiger charge is 2.38.